The fraction of sp³-hybridized carbons (Fsp3) is 0.962. The number of carbonyl (C=O) groups excluding carboxylic acids is 1. The molecule has 0 aromatic heterocycles. The lowest BCUT2D eigenvalue weighted by Crippen LogP contribution is -2.54. The van der Waals surface area contributed by atoms with E-state index >= 15 is 0 Å². The summed E-state index contributed by atoms with van der Waals surface area (Å²) >= 11 is 0. The molecular weight excluding hydrogens is 438 g/mol. The van der Waals surface area contributed by atoms with Gasteiger partial charge in [0.25, 0.3) is 10.1 Å². The van der Waals surface area contributed by atoms with Gasteiger partial charge >= 0.3 is 0 Å². The molecule has 190 valence electrons. The molecule has 6 nitrogen and oxygen atoms in total. The Balaban J connectivity index is 1.35. The van der Waals surface area contributed by atoms with Crippen LogP contribution in [0.3, 0.4) is 0 Å². The molecular formula is C26H45NO5S. The molecule has 0 radical (unpaired) electrons. The highest BCUT2D eigenvalue weighted by molar-refractivity contribution is 7.85. The molecule has 0 aromatic rings. The number of amides is 1. The number of fused-ring (bicyclic) bond motifs is 5. The van der Waals surface area contributed by atoms with Crippen LogP contribution in [0.15, 0.2) is 0 Å². The Kier molecular flexibility index (Phi) is 7.26. The van der Waals surface area contributed by atoms with Crippen molar-refractivity contribution in [2.24, 2.45) is 46.3 Å². The van der Waals surface area contributed by atoms with Crippen LogP contribution in [0, 0.1) is 46.3 Å². The van der Waals surface area contributed by atoms with E-state index in [2.05, 4.69) is 26.1 Å². The summed E-state index contributed by atoms with van der Waals surface area (Å²) in [5, 5.41) is 12.9. The number of carbonyl (C=O) groups is 1. The average molecular weight is 484 g/mol. The first-order valence-electron chi connectivity index (χ1n) is 13.3. The van der Waals surface area contributed by atoms with Crippen molar-refractivity contribution in [2.45, 2.75) is 97.5 Å². The summed E-state index contributed by atoms with van der Waals surface area (Å²) in [6.07, 6.45) is 12.1. The summed E-state index contributed by atoms with van der Waals surface area (Å²) in [6.45, 7) is 7.34. The van der Waals surface area contributed by atoms with Gasteiger partial charge in [0.1, 0.15) is 0 Å². The van der Waals surface area contributed by atoms with E-state index in [0.717, 1.165) is 37.0 Å². The Morgan fingerprint density at radius 1 is 1.03 bits per heavy atom. The maximum absolute atomic E-state index is 12.2. The molecule has 0 heterocycles. The van der Waals surface area contributed by atoms with E-state index in [1.807, 2.05) is 0 Å². The zero-order chi connectivity index (χ0) is 24.0. The topological polar surface area (TPSA) is 104 Å². The van der Waals surface area contributed by atoms with Crippen molar-refractivity contribution in [1.29, 1.82) is 0 Å². The van der Waals surface area contributed by atoms with E-state index in [1.54, 1.807) is 0 Å². The quantitative estimate of drug-likeness (QED) is 0.465. The van der Waals surface area contributed by atoms with Gasteiger partial charge in [0, 0.05) is 13.0 Å². The van der Waals surface area contributed by atoms with Gasteiger partial charge in [-0.25, -0.2) is 0 Å². The number of rotatable bonds is 7. The first-order chi connectivity index (χ1) is 15.4. The molecule has 33 heavy (non-hydrogen) atoms. The third-order valence-corrected chi connectivity index (χ3v) is 11.6. The lowest BCUT2D eigenvalue weighted by molar-refractivity contribution is -0.129. The monoisotopic (exact) mass is 483 g/mol. The number of nitrogens with one attached hydrogen (secondary N) is 1. The Morgan fingerprint density at radius 3 is 2.45 bits per heavy atom. The smallest absolute Gasteiger partial charge is 0.266 e. The summed E-state index contributed by atoms with van der Waals surface area (Å²) in [6, 6.07) is 0. The fourth-order valence-corrected chi connectivity index (χ4v) is 9.54. The van der Waals surface area contributed by atoms with Gasteiger partial charge in [0.2, 0.25) is 5.91 Å². The van der Waals surface area contributed by atoms with Crippen molar-refractivity contribution in [3.8, 4) is 0 Å². The van der Waals surface area contributed by atoms with Crippen molar-refractivity contribution in [1.82, 2.24) is 5.32 Å². The van der Waals surface area contributed by atoms with Crippen LogP contribution in [-0.4, -0.2) is 42.4 Å². The zero-order valence-corrected chi connectivity index (χ0v) is 21.6. The molecule has 0 unspecified atom stereocenters. The third-order valence-electron chi connectivity index (χ3n) is 10.9. The number of aliphatic hydroxyl groups is 1. The summed E-state index contributed by atoms with van der Waals surface area (Å²) in [5.74, 6) is 3.68. The highest BCUT2D eigenvalue weighted by atomic mass is 32.2. The van der Waals surface area contributed by atoms with Crippen LogP contribution in [-0.2, 0) is 14.9 Å². The Bertz CT molecular complexity index is 831. The molecule has 4 fully saturated rings. The van der Waals surface area contributed by atoms with Crippen molar-refractivity contribution < 1.29 is 22.9 Å². The minimum atomic E-state index is -4.04. The second-order valence-electron chi connectivity index (χ2n) is 12.5. The standard InChI is InChI=1S/C26H45NO5S/c1-17(4-9-24(29)27-14-15-33(30,31)32)21-7-8-22-20-6-5-18-16-19(28)10-12-25(18,2)23(20)11-13-26(21,22)3/h17-23,28H,4-16H2,1-3H3,(H,27,29)(H,30,31,32)/t17-,18-,19-,20-,21-,22+,23-,25+,26-/m1/s1. The maximum atomic E-state index is 12.2. The zero-order valence-electron chi connectivity index (χ0n) is 20.8. The molecule has 0 bridgehead atoms. The molecule has 0 aromatic carbocycles. The highest BCUT2D eigenvalue weighted by Crippen LogP contribution is 2.68. The van der Waals surface area contributed by atoms with Crippen LogP contribution < -0.4 is 5.32 Å². The van der Waals surface area contributed by atoms with Gasteiger partial charge in [-0.3, -0.25) is 9.35 Å². The van der Waals surface area contributed by atoms with E-state index in [4.69, 9.17) is 4.55 Å². The molecule has 4 aliphatic carbocycles. The van der Waals surface area contributed by atoms with Gasteiger partial charge in [-0.15, -0.1) is 0 Å². The van der Waals surface area contributed by atoms with Crippen molar-refractivity contribution >= 4 is 16.0 Å². The van der Waals surface area contributed by atoms with Gasteiger partial charge < -0.3 is 10.4 Å². The summed E-state index contributed by atoms with van der Waals surface area (Å²) in [7, 11) is -4.04. The third kappa shape index (κ3) is 5.02. The number of hydrogen-bond donors (Lipinski definition) is 3. The molecule has 0 saturated heterocycles. The van der Waals surface area contributed by atoms with Crippen molar-refractivity contribution in [3.63, 3.8) is 0 Å². The number of hydrogen-bond acceptors (Lipinski definition) is 4. The van der Waals surface area contributed by atoms with Crippen LogP contribution in [0.5, 0.6) is 0 Å². The van der Waals surface area contributed by atoms with Crippen molar-refractivity contribution in [2.75, 3.05) is 12.3 Å². The highest BCUT2D eigenvalue weighted by Gasteiger charge is 2.60. The second-order valence-corrected chi connectivity index (χ2v) is 14.0. The summed E-state index contributed by atoms with van der Waals surface area (Å²) in [4.78, 5) is 12.2. The Morgan fingerprint density at radius 2 is 1.73 bits per heavy atom. The first kappa shape index (κ1) is 25.4. The van der Waals surface area contributed by atoms with E-state index in [9.17, 15) is 18.3 Å². The molecule has 4 saturated carbocycles. The van der Waals surface area contributed by atoms with Crippen LogP contribution in [0.1, 0.15) is 91.4 Å². The normalized spacial score (nSPS) is 43.8. The minimum Gasteiger partial charge on any atom is -0.393 e. The lowest BCUT2D eigenvalue weighted by atomic mass is 9.44. The molecule has 0 spiro atoms. The van der Waals surface area contributed by atoms with Crippen LogP contribution in [0.25, 0.3) is 0 Å². The molecule has 3 N–H and O–H groups in total. The molecule has 1 amide bonds. The van der Waals surface area contributed by atoms with Gasteiger partial charge in [0.15, 0.2) is 0 Å². The minimum absolute atomic E-state index is 0.0326. The first-order valence-corrected chi connectivity index (χ1v) is 14.9. The van der Waals surface area contributed by atoms with Crippen LogP contribution >= 0.6 is 0 Å². The number of aliphatic hydroxyl groups excluding tert-OH is 1. The largest absolute Gasteiger partial charge is 0.393 e. The Labute approximate surface area is 200 Å². The fourth-order valence-electron chi connectivity index (χ4n) is 9.18. The van der Waals surface area contributed by atoms with Gasteiger partial charge in [-0.1, -0.05) is 20.8 Å². The predicted octanol–water partition coefficient (Wildman–Crippen LogP) is 4.43. The van der Waals surface area contributed by atoms with Gasteiger partial charge in [0.05, 0.1) is 11.9 Å². The average Bonchev–Trinajstić information content (AvgIpc) is 3.09. The van der Waals surface area contributed by atoms with Crippen LogP contribution in [0.4, 0.5) is 0 Å². The van der Waals surface area contributed by atoms with E-state index < -0.39 is 15.9 Å². The SMILES string of the molecule is C[C@H](CCC(=O)NCCS(=O)(=O)O)[C@H]1CC[C@H]2[C@H]3CC[C@@H]4C[C@H](O)CC[C@]4(C)[C@@H]3CC[C@]12C. The summed E-state index contributed by atoms with van der Waals surface area (Å²) in [5.41, 5.74) is 0.771. The molecule has 4 rings (SSSR count). The molecule has 0 aliphatic heterocycles. The van der Waals surface area contributed by atoms with Crippen molar-refractivity contribution in [3.05, 3.63) is 0 Å². The summed E-state index contributed by atoms with van der Waals surface area (Å²) < 4.78 is 30.5. The van der Waals surface area contributed by atoms with Gasteiger partial charge in [-0.05, 0) is 111 Å². The van der Waals surface area contributed by atoms with E-state index in [1.165, 1.54) is 44.9 Å². The van der Waals surface area contributed by atoms with Gasteiger partial charge in [-0.2, -0.15) is 8.42 Å². The Hall–Kier alpha value is -0.660. The van der Waals surface area contributed by atoms with Crippen LogP contribution in [0.2, 0.25) is 0 Å². The maximum Gasteiger partial charge on any atom is 0.266 e. The van der Waals surface area contributed by atoms with E-state index in [0.29, 0.717) is 35.0 Å². The molecule has 9 atom stereocenters. The molecule has 4 aliphatic rings. The lowest BCUT2D eigenvalue weighted by Gasteiger charge is -2.61. The predicted molar refractivity (Wildman–Crippen MR) is 129 cm³/mol. The molecule has 7 heteroatoms. The van der Waals surface area contributed by atoms with E-state index in [-0.39, 0.29) is 18.6 Å². The second kappa shape index (κ2) is 9.42.